The van der Waals surface area contributed by atoms with E-state index in [1.807, 2.05) is 24.3 Å². The van der Waals surface area contributed by atoms with Gasteiger partial charge in [-0.05, 0) is 37.3 Å². The third kappa shape index (κ3) is 3.84. The summed E-state index contributed by atoms with van der Waals surface area (Å²) < 4.78 is 25.0. The lowest BCUT2D eigenvalue weighted by Crippen LogP contribution is -2.30. The number of ether oxygens (including phenoxy) is 1. The number of hydrogen-bond donors (Lipinski definition) is 0. The number of aromatic nitrogens is 1. The highest BCUT2D eigenvalue weighted by Gasteiger charge is 2.21. The van der Waals surface area contributed by atoms with Gasteiger partial charge in [-0.25, -0.2) is 14.2 Å². The van der Waals surface area contributed by atoms with Crippen LogP contribution in [0.15, 0.2) is 46.9 Å². The number of thiazole rings is 1. The number of fused-ring (bicyclic) bond motifs is 2. The van der Waals surface area contributed by atoms with Crippen LogP contribution in [0.1, 0.15) is 21.1 Å². The highest BCUT2D eigenvalue weighted by molar-refractivity contribution is 7.18. The van der Waals surface area contributed by atoms with E-state index in [9.17, 15) is 14.0 Å². The molecule has 4 aromatic rings. The highest BCUT2D eigenvalue weighted by atomic mass is 32.1. The molecule has 29 heavy (non-hydrogen) atoms. The standard InChI is InChI=1S/C21H17FN2O4S/c1-12-14-9-13(22)7-8-16(14)28-20(12)21(26)27-11-19(25)24(2)10-18-23-15-5-3-4-6-17(15)29-18/h3-9H,10-11H2,1-2H3. The molecule has 2 heterocycles. The molecule has 0 unspecified atom stereocenters. The number of benzene rings is 2. The number of amides is 1. The van der Waals surface area contributed by atoms with Crippen molar-refractivity contribution in [1.29, 1.82) is 0 Å². The first-order chi connectivity index (χ1) is 13.9. The number of hydrogen-bond acceptors (Lipinski definition) is 6. The predicted molar refractivity (Wildman–Crippen MR) is 107 cm³/mol. The zero-order chi connectivity index (χ0) is 20.5. The lowest BCUT2D eigenvalue weighted by atomic mass is 10.1. The average molecular weight is 412 g/mol. The summed E-state index contributed by atoms with van der Waals surface area (Å²) >= 11 is 1.51. The minimum atomic E-state index is -0.763. The van der Waals surface area contributed by atoms with Crippen molar-refractivity contribution in [3.05, 3.63) is 64.6 Å². The third-order valence-electron chi connectivity index (χ3n) is 4.55. The SMILES string of the molecule is Cc1c(C(=O)OCC(=O)N(C)Cc2nc3ccccc3s2)oc2ccc(F)cc12. The van der Waals surface area contributed by atoms with Gasteiger partial charge in [0.15, 0.2) is 6.61 Å². The number of halogens is 1. The number of esters is 1. The van der Waals surface area contributed by atoms with Crippen molar-refractivity contribution < 1.29 is 23.1 Å². The fourth-order valence-corrected chi connectivity index (χ4v) is 3.99. The largest absolute Gasteiger partial charge is 0.450 e. The lowest BCUT2D eigenvalue weighted by molar-refractivity contribution is -0.133. The van der Waals surface area contributed by atoms with Crippen molar-refractivity contribution in [2.24, 2.45) is 0 Å². The van der Waals surface area contributed by atoms with Crippen LogP contribution >= 0.6 is 11.3 Å². The highest BCUT2D eigenvalue weighted by Crippen LogP contribution is 2.26. The summed E-state index contributed by atoms with van der Waals surface area (Å²) in [6.45, 7) is 1.53. The first-order valence-electron chi connectivity index (χ1n) is 8.86. The van der Waals surface area contributed by atoms with Crippen LogP contribution in [0.3, 0.4) is 0 Å². The molecule has 0 fully saturated rings. The van der Waals surface area contributed by atoms with Crippen LogP contribution in [0, 0.1) is 12.7 Å². The molecule has 0 aliphatic carbocycles. The van der Waals surface area contributed by atoms with Crippen molar-refractivity contribution >= 4 is 44.4 Å². The van der Waals surface area contributed by atoms with E-state index >= 15 is 0 Å². The van der Waals surface area contributed by atoms with E-state index in [1.165, 1.54) is 34.4 Å². The van der Waals surface area contributed by atoms with E-state index in [0.717, 1.165) is 15.2 Å². The van der Waals surface area contributed by atoms with E-state index in [-0.39, 0.29) is 11.7 Å². The zero-order valence-corrected chi connectivity index (χ0v) is 16.6. The second-order valence-electron chi connectivity index (χ2n) is 6.60. The average Bonchev–Trinajstić information content (AvgIpc) is 3.26. The smallest absolute Gasteiger partial charge is 0.375 e. The molecule has 8 heteroatoms. The first-order valence-corrected chi connectivity index (χ1v) is 9.68. The van der Waals surface area contributed by atoms with Crippen LogP contribution in [-0.2, 0) is 16.1 Å². The maximum absolute atomic E-state index is 13.4. The fourth-order valence-electron chi connectivity index (χ4n) is 2.97. The molecule has 6 nitrogen and oxygen atoms in total. The summed E-state index contributed by atoms with van der Waals surface area (Å²) in [4.78, 5) is 30.6. The van der Waals surface area contributed by atoms with Gasteiger partial charge in [0.25, 0.3) is 5.91 Å². The van der Waals surface area contributed by atoms with Gasteiger partial charge in [-0.3, -0.25) is 4.79 Å². The Labute approximate surface area is 169 Å². The van der Waals surface area contributed by atoms with Gasteiger partial charge in [-0.1, -0.05) is 12.1 Å². The Morgan fingerprint density at radius 2 is 2.03 bits per heavy atom. The molecular formula is C21H17FN2O4S. The summed E-state index contributed by atoms with van der Waals surface area (Å²) in [6, 6.07) is 11.7. The van der Waals surface area contributed by atoms with Gasteiger partial charge < -0.3 is 14.1 Å². The van der Waals surface area contributed by atoms with Crippen molar-refractivity contribution in [2.75, 3.05) is 13.7 Å². The van der Waals surface area contributed by atoms with Gasteiger partial charge in [0.05, 0.1) is 16.8 Å². The monoisotopic (exact) mass is 412 g/mol. The number of aryl methyl sites for hydroxylation is 1. The Bertz CT molecular complexity index is 1200. The maximum Gasteiger partial charge on any atom is 0.375 e. The van der Waals surface area contributed by atoms with Gasteiger partial charge in [-0.2, -0.15) is 0 Å². The first kappa shape index (κ1) is 19.1. The van der Waals surface area contributed by atoms with Gasteiger partial charge >= 0.3 is 5.97 Å². The summed E-state index contributed by atoms with van der Waals surface area (Å²) in [7, 11) is 1.62. The van der Waals surface area contributed by atoms with Crippen LogP contribution in [0.4, 0.5) is 4.39 Å². The van der Waals surface area contributed by atoms with E-state index in [2.05, 4.69) is 4.98 Å². The minimum absolute atomic E-state index is 0.0350. The number of nitrogens with zero attached hydrogens (tertiary/aromatic N) is 2. The molecule has 0 radical (unpaired) electrons. The molecule has 2 aromatic heterocycles. The Kier molecular flexibility index (Phi) is 5.02. The topological polar surface area (TPSA) is 72.6 Å². The molecule has 0 N–H and O–H groups in total. The number of carbonyl (C=O) groups excluding carboxylic acids is 2. The Morgan fingerprint density at radius 1 is 1.24 bits per heavy atom. The van der Waals surface area contributed by atoms with Crippen molar-refractivity contribution in [2.45, 2.75) is 13.5 Å². The third-order valence-corrected chi connectivity index (χ3v) is 5.57. The maximum atomic E-state index is 13.4. The van der Waals surface area contributed by atoms with Gasteiger partial charge in [-0.15, -0.1) is 11.3 Å². The Hall–Kier alpha value is -3.26. The molecule has 1 amide bonds. The second-order valence-corrected chi connectivity index (χ2v) is 7.71. The molecule has 4 rings (SSSR count). The van der Waals surface area contributed by atoms with E-state index in [1.54, 1.807) is 14.0 Å². The van der Waals surface area contributed by atoms with E-state index in [4.69, 9.17) is 9.15 Å². The number of likely N-dealkylation sites (N-methyl/N-ethyl adjacent to an activating group) is 1. The molecule has 0 bridgehead atoms. The van der Waals surface area contributed by atoms with Crippen LogP contribution in [0.2, 0.25) is 0 Å². The molecule has 0 atom stereocenters. The van der Waals surface area contributed by atoms with Crippen LogP contribution in [0.5, 0.6) is 0 Å². The van der Waals surface area contributed by atoms with Crippen LogP contribution in [0.25, 0.3) is 21.2 Å². The number of para-hydroxylation sites is 1. The van der Waals surface area contributed by atoms with E-state index < -0.39 is 18.4 Å². The summed E-state index contributed by atoms with van der Waals surface area (Å²) in [5.74, 6) is -1.58. The molecule has 0 saturated heterocycles. The van der Waals surface area contributed by atoms with Gasteiger partial charge in [0.1, 0.15) is 16.4 Å². The van der Waals surface area contributed by atoms with Gasteiger partial charge in [0, 0.05) is 18.0 Å². The van der Waals surface area contributed by atoms with Crippen molar-refractivity contribution in [1.82, 2.24) is 9.88 Å². The molecule has 0 aliphatic heterocycles. The molecule has 0 spiro atoms. The molecule has 2 aromatic carbocycles. The number of carbonyl (C=O) groups is 2. The lowest BCUT2D eigenvalue weighted by Gasteiger charge is -2.15. The summed E-state index contributed by atoms with van der Waals surface area (Å²) in [6.07, 6.45) is 0. The van der Waals surface area contributed by atoms with Crippen molar-refractivity contribution in [3.8, 4) is 0 Å². The molecule has 0 saturated carbocycles. The quantitative estimate of drug-likeness (QED) is 0.457. The zero-order valence-electron chi connectivity index (χ0n) is 15.8. The van der Waals surface area contributed by atoms with E-state index in [0.29, 0.717) is 23.1 Å². The summed E-state index contributed by atoms with van der Waals surface area (Å²) in [5, 5.41) is 1.29. The van der Waals surface area contributed by atoms with Crippen LogP contribution < -0.4 is 0 Å². The predicted octanol–water partition coefficient (Wildman–Crippen LogP) is 4.31. The minimum Gasteiger partial charge on any atom is -0.450 e. The Morgan fingerprint density at radius 3 is 2.83 bits per heavy atom. The number of rotatable bonds is 5. The molecule has 0 aliphatic rings. The van der Waals surface area contributed by atoms with Crippen LogP contribution in [-0.4, -0.2) is 35.4 Å². The molecule has 148 valence electrons. The second kappa shape index (κ2) is 7.63. The molecular weight excluding hydrogens is 395 g/mol. The summed E-state index contributed by atoms with van der Waals surface area (Å²) in [5.41, 5.74) is 1.74. The fraction of sp³-hybridized carbons (Fsp3) is 0.190. The van der Waals surface area contributed by atoms with Crippen molar-refractivity contribution in [3.63, 3.8) is 0 Å². The van der Waals surface area contributed by atoms with Gasteiger partial charge in [0.2, 0.25) is 5.76 Å². The Balaban J connectivity index is 1.39. The normalized spacial score (nSPS) is 11.1. The number of furan rings is 1.